The smallest absolute Gasteiger partial charge is 0.191 e. The normalized spacial score (nSPS) is 13.2. The second-order valence-electron chi connectivity index (χ2n) is 6.07. The van der Waals surface area contributed by atoms with Gasteiger partial charge in [0.1, 0.15) is 0 Å². The van der Waals surface area contributed by atoms with Gasteiger partial charge in [0.05, 0.1) is 17.0 Å². The molecule has 0 aromatic carbocycles. The summed E-state index contributed by atoms with van der Waals surface area (Å²) in [5.41, 5.74) is 0. The quantitative estimate of drug-likeness (QED) is 0.613. The fourth-order valence-electron chi connectivity index (χ4n) is 1.68. The fraction of sp³-hybridized carbons (Fsp3) is 0.667. The van der Waals surface area contributed by atoms with Gasteiger partial charge in [-0.05, 0) is 46.8 Å². The van der Waals surface area contributed by atoms with Crippen LogP contribution in [0.5, 0.6) is 0 Å². The number of hydrogen-bond acceptors (Lipinski definition) is 4. The maximum Gasteiger partial charge on any atom is 0.191 e. The van der Waals surface area contributed by atoms with E-state index in [9.17, 15) is 8.42 Å². The van der Waals surface area contributed by atoms with E-state index >= 15 is 0 Å². The molecule has 0 saturated carbocycles. The maximum absolute atomic E-state index is 12.1. The molecule has 0 unspecified atom stereocenters. The Kier molecular flexibility index (Phi) is 6.87. The first-order valence-corrected chi connectivity index (χ1v) is 9.92. The minimum atomic E-state index is -3.12. The van der Waals surface area contributed by atoms with Crippen molar-refractivity contribution in [3.63, 3.8) is 0 Å². The van der Waals surface area contributed by atoms with Crippen LogP contribution in [0.3, 0.4) is 0 Å². The van der Waals surface area contributed by atoms with Gasteiger partial charge in [0.25, 0.3) is 0 Å². The molecule has 1 rings (SSSR count). The Labute approximate surface area is 138 Å². The third-order valence-corrected chi connectivity index (χ3v) is 6.72. The molecule has 0 atom stereocenters. The van der Waals surface area contributed by atoms with Gasteiger partial charge < -0.3 is 10.6 Å². The number of aliphatic imine (C=N–C) groups is 1. The highest BCUT2D eigenvalue weighted by atomic mass is 32.2. The molecule has 0 saturated heterocycles. The summed E-state index contributed by atoms with van der Waals surface area (Å²) >= 11 is 1.72. The molecule has 7 heteroatoms. The van der Waals surface area contributed by atoms with Crippen molar-refractivity contribution in [3.05, 3.63) is 21.9 Å². The van der Waals surface area contributed by atoms with E-state index in [0.29, 0.717) is 19.0 Å². The van der Waals surface area contributed by atoms with Gasteiger partial charge in [-0.15, -0.1) is 11.3 Å². The summed E-state index contributed by atoms with van der Waals surface area (Å²) in [5, 5.41) is 6.22. The van der Waals surface area contributed by atoms with E-state index in [2.05, 4.69) is 34.7 Å². The zero-order chi connectivity index (χ0) is 16.8. The van der Waals surface area contributed by atoms with E-state index in [-0.39, 0.29) is 5.75 Å². The first-order valence-electron chi connectivity index (χ1n) is 7.45. The predicted octanol–water partition coefficient (Wildman–Crippen LogP) is 2.32. The molecule has 0 fully saturated rings. The number of nitrogens with zero attached hydrogens (tertiary/aromatic N) is 1. The Morgan fingerprint density at radius 3 is 2.45 bits per heavy atom. The summed E-state index contributed by atoms with van der Waals surface area (Å²) in [7, 11) is -3.12. The van der Waals surface area contributed by atoms with E-state index in [1.165, 1.54) is 9.75 Å². The van der Waals surface area contributed by atoms with Crippen LogP contribution in [-0.4, -0.2) is 38.0 Å². The molecule has 126 valence electrons. The van der Waals surface area contributed by atoms with Crippen molar-refractivity contribution in [3.8, 4) is 0 Å². The average Bonchev–Trinajstić information content (AvgIpc) is 2.80. The number of nitrogens with one attached hydrogen (secondary N) is 2. The number of thiophene rings is 1. The molecule has 5 nitrogen and oxygen atoms in total. The van der Waals surface area contributed by atoms with Gasteiger partial charge in [0, 0.05) is 22.8 Å². The Morgan fingerprint density at radius 2 is 1.95 bits per heavy atom. The highest BCUT2D eigenvalue weighted by Gasteiger charge is 2.28. The first-order chi connectivity index (χ1) is 10.2. The number of guanidine groups is 1. The predicted molar refractivity (Wildman–Crippen MR) is 95.4 cm³/mol. The van der Waals surface area contributed by atoms with Crippen LogP contribution in [0.4, 0.5) is 0 Å². The second-order valence-corrected chi connectivity index (χ2v) is 10.3. The molecule has 1 aromatic rings. The van der Waals surface area contributed by atoms with E-state index in [1.54, 1.807) is 32.1 Å². The van der Waals surface area contributed by atoms with Gasteiger partial charge in [0.2, 0.25) is 0 Å². The number of rotatable bonds is 6. The molecule has 0 aliphatic rings. The van der Waals surface area contributed by atoms with Crippen molar-refractivity contribution >= 4 is 27.1 Å². The maximum atomic E-state index is 12.1. The molecular formula is C15H27N3O2S2. The van der Waals surface area contributed by atoms with Gasteiger partial charge >= 0.3 is 0 Å². The van der Waals surface area contributed by atoms with Gasteiger partial charge in [-0.2, -0.15) is 0 Å². The van der Waals surface area contributed by atoms with Crippen LogP contribution in [0.2, 0.25) is 0 Å². The second kappa shape index (κ2) is 7.97. The lowest BCUT2D eigenvalue weighted by Crippen LogP contribution is -2.41. The van der Waals surface area contributed by atoms with E-state index in [0.717, 1.165) is 6.54 Å². The molecule has 0 radical (unpaired) electrons. The van der Waals surface area contributed by atoms with Crippen molar-refractivity contribution in [1.29, 1.82) is 0 Å². The molecule has 0 spiro atoms. The van der Waals surface area contributed by atoms with Crippen molar-refractivity contribution in [2.45, 2.75) is 45.9 Å². The third kappa shape index (κ3) is 5.96. The van der Waals surface area contributed by atoms with Crippen LogP contribution >= 0.6 is 11.3 Å². The highest BCUT2D eigenvalue weighted by Crippen LogP contribution is 2.16. The van der Waals surface area contributed by atoms with Gasteiger partial charge in [-0.3, -0.25) is 0 Å². The molecule has 22 heavy (non-hydrogen) atoms. The molecule has 0 aliphatic heterocycles. The topological polar surface area (TPSA) is 70.6 Å². The van der Waals surface area contributed by atoms with E-state index < -0.39 is 14.6 Å². The summed E-state index contributed by atoms with van der Waals surface area (Å²) in [5.74, 6) is 0.747. The minimum absolute atomic E-state index is 0.0963. The zero-order valence-electron chi connectivity index (χ0n) is 14.1. The molecule has 2 N–H and O–H groups in total. The molecule has 0 amide bonds. The van der Waals surface area contributed by atoms with Crippen molar-refractivity contribution < 1.29 is 8.42 Å². The zero-order valence-corrected chi connectivity index (χ0v) is 15.7. The summed E-state index contributed by atoms with van der Waals surface area (Å²) in [6, 6.07) is 4.14. The van der Waals surface area contributed by atoms with Crippen LogP contribution in [0.1, 0.15) is 37.4 Å². The molecule has 1 heterocycles. The van der Waals surface area contributed by atoms with Gasteiger partial charge in [-0.1, -0.05) is 0 Å². The van der Waals surface area contributed by atoms with Crippen LogP contribution in [0.15, 0.2) is 17.1 Å². The molecule has 0 aliphatic carbocycles. The first kappa shape index (κ1) is 19.0. The Bertz CT molecular complexity index is 599. The summed E-state index contributed by atoms with van der Waals surface area (Å²) in [6.45, 7) is 10.9. The Morgan fingerprint density at radius 1 is 1.27 bits per heavy atom. The number of sulfone groups is 1. The van der Waals surface area contributed by atoms with Crippen LogP contribution in [-0.2, 0) is 16.4 Å². The van der Waals surface area contributed by atoms with Crippen LogP contribution < -0.4 is 10.6 Å². The molecular weight excluding hydrogens is 318 g/mol. The van der Waals surface area contributed by atoms with Gasteiger partial charge in [0.15, 0.2) is 15.8 Å². The summed E-state index contributed by atoms with van der Waals surface area (Å²) < 4.78 is 23.4. The summed E-state index contributed by atoms with van der Waals surface area (Å²) in [4.78, 5) is 6.94. The number of aryl methyl sites for hydroxylation is 1. The SMILES string of the molecule is CCNC(=NCc1ccc(C)s1)NCCS(=O)(=O)C(C)(C)C. The largest absolute Gasteiger partial charge is 0.357 e. The standard InChI is InChI=1S/C15H27N3O2S2/c1-6-16-14(18-11-13-8-7-12(2)21-13)17-9-10-22(19,20)15(3,4)5/h7-8H,6,9-11H2,1-5H3,(H2,16,17,18). The average molecular weight is 346 g/mol. The lowest BCUT2D eigenvalue weighted by Gasteiger charge is -2.19. The lowest BCUT2D eigenvalue weighted by atomic mass is 10.3. The third-order valence-electron chi connectivity index (χ3n) is 3.13. The number of hydrogen-bond donors (Lipinski definition) is 2. The van der Waals surface area contributed by atoms with Gasteiger partial charge in [-0.25, -0.2) is 13.4 Å². The fourth-order valence-corrected chi connectivity index (χ4v) is 3.48. The monoisotopic (exact) mass is 345 g/mol. The molecule has 0 bridgehead atoms. The van der Waals surface area contributed by atoms with Crippen molar-refractivity contribution in [2.24, 2.45) is 4.99 Å². The Hall–Kier alpha value is -1.08. The van der Waals surface area contributed by atoms with Crippen LogP contribution in [0, 0.1) is 6.92 Å². The van der Waals surface area contributed by atoms with E-state index in [1.807, 2.05) is 6.92 Å². The van der Waals surface area contributed by atoms with Crippen LogP contribution in [0.25, 0.3) is 0 Å². The Balaban J connectivity index is 2.58. The molecule has 1 aromatic heterocycles. The summed E-state index contributed by atoms with van der Waals surface area (Å²) in [6.07, 6.45) is 0. The lowest BCUT2D eigenvalue weighted by molar-refractivity contribution is 0.559. The van der Waals surface area contributed by atoms with Crippen molar-refractivity contribution in [2.75, 3.05) is 18.8 Å². The van der Waals surface area contributed by atoms with E-state index in [4.69, 9.17) is 0 Å². The van der Waals surface area contributed by atoms with Crippen molar-refractivity contribution in [1.82, 2.24) is 10.6 Å². The minimum Gasteiger partial charge on any atom is -0.357 e. The highest BCUT2D eigenvalue weighted by molar-refractivity contribution is 7.92.